The smallest absolute Gasteiger partial charge is 0.305 e. The number of ether oxygens (including phenoxy) is 2. The molecule has 1 fully saturated rings. The van der Waals surface area contributed by atoms with Crippen molar-refractivity contribution < 1.29 is 19.1 Å². The highest BCUT2D eigenvalue weighted by Gasteiger charge is 2.22. The third kappa shape index (κ3) is 6.74. The summed E-state index contributed by atoms with van der Waals surface area (Å²) in [6.45, 7) is 3.87. The first-order valence-corrected chi connectivity index (χ1v) is 10.5. The fourth-order valence-electron chi connectivity index (χ4n) is 3.05. The fraction of sp³-hybridized carbons (Fsp3) is 0.429. The molecule has 0 saturated carbocycles. The number of thiophene rings is 1. The number of hydrogen-bond acceptors (Lipinski definition) is 6. The number of benzene rings is 1. The van der Waals surface area contributed by atoms with Crippen LogP contribution in [-0.2, 0) is 20.8 Å². The molecule has 1 aliphatic rings. The summed E-state index contributed by atoms with van der Waals surface area (Å²) in [6, 6.07) is 12.1. The molecular formula is C21H26N2O4S. The molecule has 28 heavy (non-hydrogen) atoms. The second-order valence-electron chi connectivity index (χ2n) is 6.77. The van der Waals surface area contributed by atoms with Gasteiger partial charge in [-0.05, 0) is 23.4 Å². The Hall–Kier alpha value is -2.22. The van der Waals surface area contributed by atoms with E-state index in [-0.39, 0.29) is 31.0 Å². The first kappa shape index (κ1) is 20.5. The highest BCUT2D eigenvalue weighted by atomic mass is 32.1. The van der Waals surface area contributed by atoms with E-state index in [1.165, 1.54) is 16.9 Å². The molecule has 1 aromatic heterocycles. The molecule has 0 spiro atoms. The van der Waals surface area contributed by atoms with E-state index in [1.807, 2.05) is 23.6 Å². The number of carbonyl (C=O) groups excluding carboxylic acids is 2. The molecule has 1 aliphatic heterocycles. The van der Waals surface area contributed by atoms with E-state index in [0.29, 0.717) is 25.1 Å². The molecule has 0 bridgehead atoms. The number of nitrogens with one attached hydrogen (secondary N) is 1. The van der Waals surface area contributed by atoms with Crippen molar-refractivity contribution in [1.29, 1.82) is 0 Å². The highest BCUT2D eigenvalue weighted by Crippen LogP contribution is 2.11. The van der Waals surface area contributed by atoms with Crippen LogP contribution in [0.5, 0.6) is 0 Å². The number of rotatable bonds is 9. The van der Waals surface area contributed by atoms with Crippen molar-refractivity contribution >= 4 is 23.2 Å². The van der Waals surface area contributed by atoms with Crippen molar-refractivity contribution in [2.75, 3.05) is 32.8 Å². The van der Waals surface area contributed by atoms with Crippen LogP contribution < -0.4 is 5.32 Å². The fourth-order valence-corrected chi connectivity index (χ4v) is 3.69. The largest absolute Gasteiger partial charge is 0.463 e. The monoisotopic (exact) mass is 402 g/mol. The Bertz CT molecular complexity index is 736. The maximum absolute atomic E-state index is 11.9. The number of carbonyl (C=O) groups is 2. The topological polar surface area (TPSA) is 67.9 Å². The molecule has 1 amide bonds. The average molecular weight is 403 g/mol. The summed E-state index contributed by atoms with van der Waals surface area (Å²) in [6.07, 6.45) is 0.741. The molecule has 1 saturated heterocycles. The van der Waals surface area contributed by atoms with Gasteiger partial charge in [-0.15, -0.1) is 0 Å². The van der Waals surface area contributed by atoms with Gasteiger partial charge in [-0.25, -0.2) is 0 Å². The van der Waals surface area contributed by atoms with Gasteiger partial charge in [0, 0.05) is 43.5 Å². The number of nitrogens with zero attached hydrogens (tertiary/aromatic N) is 1. The molecule has 6 nitrogen and oxygen atoms in total. The second kappa shape index (κ2) is 10.9. The zero-order valence-electron chi connectivity index (χ0n) is 15.8. The van der Waals surface area contributed by atoms with E-state index in [9.17, 15) is 9.59 Å². The molecular weight excluding hydrogens is 376 g/mol. The van der Waals surface area contributed by atoms with E-state index >= 15 is 0 Å². The molecule has 150 valence electrons. The van der Waals surface area contributed by atoms with Crippen molar-refractivity contribution in [3.05, 3.63) is 58.3 Å². The van der Waals surface area contributed by atoms with Gasteiger partial charge in [0.05, 0.1) is 6.61 Å². The third-order valence-corrected chi connectivity index (χ3v) is 5.21. The standard InChI is InChI=1S/C21H26N2O4S/c24-20(7-4-9-22-21(25)18-8-12-28-16-18)27-15-19-14-23(10-11-26-19)13-17-5-2-1-3-6-17/h1-3,5-6,8,12,16,19H,4,7,9-11,13-15H2,(H,22,25). The summed E-state index contributed by atoms with van der Waals surface area (Å²) >= 11 is 1.48. The van der Waals surface area contributed by atoms with E-state index in [1.54, 1.807) is 11.4 Å². The van der Waals surface area contributed by atoms with Crippen molar-refractivity contribution in [2.45, 2.75) is 25.5 Å². The van der Waals surface area contributed by atoms with Crippen LogP contribution in [0.4, 0.5) is 0 Å². The quantitative estimate of drug-likeness (QED) is 0.516. The Morgan fingerprint density at radius 2 is 2.11 bits per heavy atom. The lowest BCUT2D eigenvalue weighted by molar-refractivity contribution is -0.150. The first-order valence-electron chi connectivity index (χ1n) is 9.54. The Balaban J connectivity index is 1.29. The molecule has 2 heterocycles. The molecule has 1 aromatic carbocycles. The van der Waals surface area contributed by atoms with Gasteiger partial charge >= 0.3 is 5.97 Å². The molecule has 0 aliphatic carbocycles. The summed E-state index contributed by atoms with van der Waals surface area (Å²) in [5, 5.41) is 6.47. The minimum absolute atomic E-state index is 0.0975. The SMILES string of the molecule is O=C(CCCNC(=O)c1ccsc1)OCC1CN(Cc2ccccc2)CCO1. The second-order valence-corrected chi connectivity index (χ2v) is 7.55. The van der Waals surface area contributed by atoms with Crippen LogP contribution in [0.15, 0.2) is 47.2 Å². The molecule has 2 aromatic rings. The van der Waals surface area contributed by atoms with Crippen molar-refractivity contribution in [3.8, 4) is 0 Å². The summed E-state index contributed by atoms with van der Waals surface area (Å²) in [7, 11) is 0. The first-order chi connectivity index (χ1) is 13.7. The minimum atomic E-state index is -0.256. The Labute approximate surface area is 169 Å². The van der Waals surface area contributed by atoms with Gasteiger partial charge in [0.25, 0.3) is 5.91 Å². The molecule has 1 N–H and O–H groups in total. The number of hydrogen-bond donors (Lipinski definition) is 1. The predicted octanol–water partition coefficient (Wildman–Crippen LogP) is 2.70. The van der Waals surface area contributed by atoms with Crippen LogP contribution in [0.25, 0.3) is 0 Å². The maximum Gasteiger partial charge on any atom is 0.305 e. The van der Waals surface area contributed by atoms with Gasteiger partial charge < -0.3 is 14.8 Å². The Morgan fingerprint density at radius 1 is 1.25 bits per heavy atom. The Morgan fingerprint density at radius 3 is 2.89 bits per heavy atom. The maximum atomic E-state index is 11.9. The van der Waals surface area contributed by atoms with Gasteiger partial charge in [0.2, 0.25) is 0 Å². The highest BCUT2D eigenvalue weighted by molar-refractivity contribution is 7.08. The molecule has 3 rings (SSSR count). The third-order valence-electron chi connectivity index (χ3n) is 4.53. The zero-order valence-corrected chi connectivity index (χ0v) is 16.7. The van der Waals surface area contributed by atoms with Gasteiger partial charge in [0.15, 0.2) is 0 Å². The van der Waals surface area contributed by atoms with Gasteiger partial charge in [-0.1, -0.05) is 30.3 Å². The van der Waals surface area contributed by atoms with Crippen LogP contribution >= 0.6 is 11.3 Å². The van der Waals surface area contributed by atoms with Gasteiger partial charge in [-0.2, -0.15) is 11.3 Å². The summed E-state index contributed by atoms with van der Waals surface area (Å²) in [5.41, 5.74) is 1.92. The number of morpholine rings is 1. The van der Waals surface area contributed by atoms with Crippen LogP contribution in [0.3, 0.4) is 0 Å². The summed E-state index contributed by atoms with van der Waals surface area (Å²) < 4.78 is 11.1. The van der Waals surface area contributed by atoms with Gasteiger partial charge in [0.1, 0.15) is 12.7 Å². The molecule has 0 radical (unpaired) electrons. The van der Waals surface area contributed by atoms with E-state index in [0.717, 1.165) is 19.6 Å². The van der Waals surface area contributed by atoms with Crippen molar-refractivity contribution in [2.24, 2.45) is 0 Å². The lowest BCUT2D eigenvalue weighted by atomic mass is 10.2. The number of esters is 1. The van der Waals surface area contributed by atoms with Crippen molar-refractivity contribution in [3.63, 3.8) is 0 Å². The molecule has 7 heteroatoms. The van der Waals surface area contributed by atoms with E-state index in [2.05, 4.69) is 22.3 Å². The van der Waals surface area contributed by atoms with Crippen molar-refractivity contribution in [1.82, 2.24) is 10.2 Å². The summed E-state index contributed by atoms with van der Waals surface area (Å²) in [4.78, 5) is 26.0. The zero-order chi connectivity index (χ0) is 19.6. The van der Waals surface area contributed by atoms with Gasteiger partial charge in [-0.3, -0.25) is 14.5 Å². The minimum Gasteiger partial charge on any atom is -0.463 e. The van der Waals surface area contributed by atoms with Crippen LogP contribution in [0, 0.1) is 0 Å². The lowest BCUT2D eigenvalue weighted by Gasteiger charge is -2.32. The predicted molar refractivity (Wildman–Crippen MR) is 108 cm³/mol. The van der Waals surface area contributed by atoms with E-state index < -0.39 is 0 Å². The number of amides is 1. The lowest BCUT2D eigenvalue weighted by Crippen LogP contribution is -2.44. The van der Waals surface area contributed by atoms with Crippen LogP contribution in [0.2, 0.25) is 0 Å². The molecule has 1 unspecified atom stereocenters. The summed E-state index contributed by atoms with van der Waals surface area (Å²) in [5.74, 6) is -0.364. The molecule has 1 atom stereocenters. The average Bonchev–Trinajstić information content (AvgIpc) is 3.26. The normalized spacial score (nSPS) is 17.2. The van der Waals surface area contributed by atoms with Crippen LogP contribution in [0.1, 0.15) is 28.8 Å². The Kier molecular flexibility index (Phi) is 8.02. The van der Waals surface area contributed by atoms with E-state index in [4.69, 9.17) is 9.47 Å². The van der Waals surface area contributed by atoms with Crippen LogP contribution in [-0.4, -0.2) is 55.7 Å².